The van der Waals surface area contributed by atoms with Gasteiger partial charge in [0, 0.05) is 31.6 Å². The molecule has 2 aromatic heterocycles. The number of hydrogen-bond acceptors (Lipinski definition) is 3. The summed E-state index contributed by atoms with van der Waals surface area (Å²) in [5.74, 6) is 0. The molecule has 0 atom stereocenters. The Balaban J connectivity index is 2.33. The lowest BCUT2D eigenvalue weighted by Gasteiger charge is -2.00. The maximum absolute atomic E-state index is 12.0. The molecule has 0 saturated carbocycles. The van der Waals surface area contributed by atoms with Crippen molar-refractivity contribution in [2.75, 3.05) is 0 Å². The SMILES string of the molecule is O=c1cc(-c2ccsc2)sc2cc(Cl)ccc12. The molecule has 1 nitrogen and oxygen atoms in total. The molecule has 0 unspecified atom stereocenters. The fourth-order valence-corrected chi connectivity index (χ4v) is 3.76. The number of hydrogen-bond donors (Lipinski definition) is 0. The van der Waals surface area contributed by atoms with Crippen LogP contribution in [0.5, 0.6) is 0 Å². The van der Waals surface area contributed by atoms with Gasteiger partial charge in [-0.25, -0.2) is 0 Å². The fourth-order valence-electron chi connectivity index (χ4n) is 1.68. The maximum Gasteiger partial charge on any atom is 0.188 e. The first-order valence-corrected chi connectivity index (χ1v) is 7.14. The van der Waals surface area contributed by atoms with Crippen molar-refractivity contribution in [3.63, 3.8) is 0 Å². The van der Waals surface area contributed by atoms with Crippen molar-refractivity contribution in [2.45, 2.75) is 0 Å². The average Bonchev–Trinajstić information content (AvgIpc) is 2.81. The Morgan fingerprint density at radius 3 is 2.76 bits per heavy atom. The van der Waals surface area contributed by atoms with Gasteiger partial charge in [-0.2, -0.15) is 11.3 Å². The third-order valence-electron chi connectivity index (χ3n) is 2.50. The highest BCUT2D eigenvalue weighted by molar-refractivity contribution is 7.21. The van der Waals surface area contributed by atoms with Crippen LogP contribution in [-0.2, 0) is 0 Å². The molecule has 0 aliphatic carbocycles. The molecule has 0 radical (unpaired) electrons. The molecule has 3 aromatic rings. The zero-order chi connectivity index (χ0) is 11.8. The highest BCUT2D eigenvalue weighted by Crippen LogP contribution is 2.30. The van der Waals surface area contributed by atoms with E-state index in [0.717, 1.165) is 20.5 Å². The number of halogens is 1. The molecule has 17 heavy (non-hydrogen) atoms. The zero-order valence-electron chi connectivity index (χ0n) is 8.64. The summed E-state index contributed by atoms with van der Waals surface area (Å²) in [6.45, 7) is 0. The van der Waals surface area contributed by atoms with E-state index < -0.39 is 0 Å². The Kier molecular flexibility index (Phi) is 2.74. The van der Waals surface area contributed by atoms with Crippen LogP contribution in [0.4, 0.5) is 0 Å². The molecule has 0 aliphatic rings. The number of thiophene rings is 1. The Morgan fingerprint density at radius 2 is 2.00 bits per heavy atom. The molecule has 3 rings (SSSR count). The zero-order valence-corrected chi connectivity index (χ0v) is 11.0. The monoisotopic (exact) mass is 278 g/mol. The maximum atomic E-state index is 12.0. The third kappa shape index (κ3) is 2.02. The van der Waals surface area contributed by atoms with E-state index in [0.29, 0.717) is 5.02 Å². The van der Waals surface area contributed by atoms with Crippen molar-refractivity contribution >= 4 is 44.4 Å². The predicted molar refractivity (Wildman–Crippen MR) is 76.4 cm³/mol. The summed E-state index contributed by atoms with van der Waals surface area (Å²) in [5, 5.41) is 5.45. The molecule has 0 fully saturated rings. The fraction of sp³-hybridized carbons (Fsp3) is 0. The van der Waals surface area contributed by atoms with Crippen molar-refractivity contribution in [1.29, 1.82) is 0 Å². The van der Waals surface area contributed by atoms with E-state index in [4.69, 9.17) is 11.6 Å². The van der Waals surface area contributed by atoms with Crippen molar-refractivity contribution in [3.05, 3.63) is 56.3 Å². The molecule has 0 N–H and O–H groups in total. The van der Waals surface area contributed by atoms with Gasteiger partial charge in [-0.3, -0.25) is 4.79 Å². The molecule has 2 heterocycles. The summed E-state index contributed by atoms with van der Waals surface area (Å²) >= 11 is 9.18. The minimum Gasteiger partial charge on any atom is -0.289 e. The Hall–Kier alpha value is -1.16. The highest BCUT2D eigenvalue weighted by Gasteiger charge is 2.05. The first-order valence-electron chi connectivity index (χ1n) is 5.00. The Morgan fingerprint density at radius 1 is 1.12 bits per heavy atom. The lowest BCUT2D eigenvalue weighted by atomic mass is 10.2. The minimum absolute atomic E-state index is 0.0524. The van der Waals surface area contributed by atoms with Gasteiger partial charge in [-0.1, -0.05) is 11.6 Å². The Labute approximate surface area is 111 Å². The molecular formula is C13H7ClOS2. The highest BCUT2D eigenvalue weighted by atomic mass is 35.5. The van der Waals surface area contributed by atoms with Gasteiger partial charge in [0.1, 0.15) is 0 Å². The molecular weight excluding hydrogens is 272 g/mol. The summed E-state index contributed by atoms with van der Waals surface area (Å²) in [7, 11) is 0. The topological polar surface area (TPSA) is 17.1 Å². The van der Waals surface area contributed by atoms with Gasteiger partial charge in [0.25, 0.3) is 0 Å². The third-order valence-corrected chi connectivity index (χ3v) is 4.55. The van der Waals surface area contributed by atoms with Crippen LogP contribution < -0.4 is 5.43 Å². The summed E-state index contributed by atoms with van der Waals surface area (Å²) in [5.41, 5.74) is 1.15. The van der Waals surface area contributed by atoms with Crippen molar-refractivity contribution in [1.82, 2.24) is 0 Å². The quantitative estimate of drug-likeness (QED) is 0.633. The van der Waals surface area contributed by atoms with E-state index in [1.807, 2.05) is 22.9 Å². The minimum atomic E-state index is 0.0524. The largest absolute Gasteiger partial charge is 0.289 e. The molecule has 0 saturated heterocycles. The van der Waals surface area contributed by atoms with Crippen LogP contribution in [0.25, 0.3) is 20.5 Å². The summed E-state index contributed by atoms with van der Waals surface area (Å²) < 4.78 is 0.936. The van der Waals surface area contributed by atoms with E-state index >= 15 is 0 Å². The van der Waals surface area contributed by atoms with Crippen molar-refractivity contribution < 1.29 is 0 Å². The van der Waals surface area contributed by atoms with Gasteiger partial charge in [0.05, 0.1) is 0 Å². The van der Waals surface area contributed by atoms with E-state index in [-0.39, 0.29) is 5.43 Å². The second kappa shape index (κ2) is 4.26. The van der Waals surface area contributed by atoms with Gasteiger partial charge in [0.15, 0.2) is 5.43 Å². The van der Waals surface area contributed by atoms with Crippen molar-refractivity contribution in [3.8, 4) is 10.4 Å². The summed E-state index contributed by atoms with van der Waals surface area (Å²) in [4.78, 5) is 13.0. The molecule has 0 amide bonds. The number of rotatable bonds is 1. The van der Waals surface area contributed by atoms with Gasteiger partial charge < -0.3 is 0 Å². The van der Waals surface area contributed by atoms with Crippen LogP contribution in [0.15, 0.2) is 45.9 Å². The van der Waals surface area contributed by atoms with Crippen molar-refractivity contribution in [2.24, 2.45) is 0 Å². The van der Waals surface area contributed by atoms with Crippen LogP contribution in [0, 0.1) is 0 Å². The molecule has 84 valence electrons. The van der Waals surface area contributed by atoms with Crippen LogP contribution in [0.2, 0.25) is 5.02 Å². The number of fused-ring (bicyclic) bond motifs is 1. The van der Waals surface area contributed by atoms with Gasteiger partial charge in [0.2, 0.25) is 0 Å². The standard InChI is InChI=1S/C13H7ClOS2/c14-9-1-2-10-11(15)6-12(17-13(10)5-9)8-3-4-16-7-8/h1-7H. The van der Waals surface area contributed by atoms with Crippen LogP contribution in [0.1, 0.15) is 0 Å². The average molecular weight is 279 g/mol. The van der Waals surface area contributed by atoms with Gasteiger partial charge >= 0.3 is 0 Å². The van der Waals surface area contributed by atoms with Gasteiger partial charge in [-0.05, 0) is 35.0 Å². The van der Waals surface area contributed by atoms with E-state index in [1.165, 1.54) is 0 Å². The molecule has 1 aromatic carbocycles. The van der Waals surface area contributed by atoms with E-state index in [9.17, 15) is 4.79 Å². The smallest absolute Gasteiger partial charge is 0.188 e. The van der Waals surface area contributed by atoms with Crippen LogP contribution in [-0.4, -0.2) is 0 Å². The summed E-state index contributed by atoms with van der Waals surface area (Å²) in [6, 6.07) is 9.10. The van der Waals surface area contributed by atoms with Crippen LogP contribution in [0.3, 0.4) is 0 Å². The van der Waals surface area contributed by atoms with Crippen LogP contribution >= 0.6 is 34.3 Å². The molecule has 0 spiro atoms. The normalized spacial score (nSPS) is 10.9. The molecule has 4 heteroatoms. The first kappa shape index (κ1) is 11.0. The first-order chi connectivity index (χ1) is 8.24. The van der Waals surface area contributed by atoms with Gasteiger partial charge in [-0.15, -0.1) is 11.3 Å². The molecule has 0 aliphatic heterocycles. The second-order valence-corrected chi connectivity index (χ2v) is 5.93. The predicted octanol–water partition coefficient (Wildman–Crippen LogP) is 4.64. The second-order valence-electron chi connectivity index (χ2n) is 3.63. The van der Waals surface area contributed by atoms with E-state index in [1.54, 1.807) is 40.9 Å². The lowest BCUT2D eigenvalue weighted by Crippen LogP contribution is -1.98. The summed E-state index contributed by atoms with van der Waals surface area (Å²) in [6.07, 6.45) is 0. The van der Waals surface area contributed by atoms with E-state index in [2.05, 4.69) is 0 Å². The Bertz CT molecular complexity index is 729. The number of benzene rings is 1. The molecule has 0 bridgehead atoms. The lowest BCUT2D eigenvalue weighted by molar-refractivity contribution is 1.70.